The van der Waals surface area contributed by atoms with E-state index in [0.717, 1.165) is 12.0 Å². The van der Waals surface area contributed by atoms with Crippen LogP contribution in [-0.2, 0) is 16.0 Å². The highest BCUT2D eigenvalue weighted by atomic mass is 19.1. The Kier molecular flexibility index (Phi) is 7.26. The van der Waals surface area contributed by atoms with Crippen LogP contribution in [-0.4, -0.2) is 24.3 Å². The van der Waals surface area contributed by atoms with Crippen LogP contribution in [0.2, 0.25) is 0 Å². The standard InChI is InChI=1S/C20H23FO5/c1-3-14-7-9-19(17(22)12-14)26-18-10-8-15(13-16(18)21)25-11-5-6-20(23)24-4-2/h7-10,12-13,22H,3-6,11H2,1-2H3. The first-order valence-electron chi connectivity index (χ1n) is 8.61. The molecule has 0 atom stereocenters. The van der Waals surface area contributed by atoms with Gasteiger partial charge in [-0.2, -0.15) is 0 Å². The molecular formula is C20H23FO5. The number of carbonyl (C=O) groups excluding carboxylic acids is 1. The Balaban J connectivity index is 1.91. The van der Waals surface area contributed by atoms with Crippen molar-refractivity contribution in [3.63, 3.8) is 0 Å². The van der Waals surface area contributed by atoms with Gasteiger partial charge >= 0.3 is 5.97 Å². The Morgan fingerprint density at radius 1 is 1.12 bits per heavy atom. The van der Waals surface area contributed by atoms with E-state index in [0.29, 0.717) is 18.8 Å². The second kappa shape index (κ2) is 9.65. The van der Waals surface area contributed by atoms with Crippen molar-refractivity contribution in [1.29, 1.82) is 0 Å². The molecule has 2 aromatic rings. The van der Waals surface area contributed by atoms with Crippen molar-refractivity contribution in [1.82, 2.24) is 0 Å². The summed E-state index contributed by atoms with van der Waals surface area (Å²) in [4.78, 5) is 11.2. The van der Waals surface area contributed by atoms with E-state index >= 15 is 0 Å². The minimum absolute atomic E-state index is 0.0107. The lowest BCUT2D eigenvalue weighted by molar-refractivity contribution is -0.143. The number of phenolic OH excluding ortho intramolecular Hbond substituents is 1. The molecule has 0 bridgehead atoms. The van der Waals surface area contributed by atoms with Crippen molar-refractivity contribution >= 4 is 5.97 Å². The SMILES string of the molecule is CCOC(=O)CCCOc1ccc(Oc2ccc(CC)cc2O)c(F)c1. The number of halogens is 1. The lowest BCUT2D eigenvalue weighted by atomic mass is 10.1. The van der Waals surface area contributed by atoms with E-state index < -0.39 is 5.82 Å². The van der Waals surface area contributed by atoms with Crippen LogP contribution in [0, 0.1) is 5.82 Å². The fourth-order valence-corrected chi connectivity index (χ4v) is 2.28. The predicted molar refractivity (Wildman–Crippen MR) is 95.3 cm³/mol. The van der Waals surface area contributed by atoms with Crippen LogP contribution in [0.4, 0.5) is 4.39 Å². The minimum atomic E-state index is -0.605. The third-order valence-corrected chi connectivity index (χ3v) is 3.65. The number of benzene rings is 2. The van der Waals surface area contributed by atoms with E-state index in [9.17, 15) is 14.3 Å². The molecule has 0 fully saturated rings. The summed E-state index contributed by atoms with van der Waals surface area (Å²) >= 11 is 0. The number of esters is 1. The molecule has 0 saturated heterocycles. The number of hydrogen-bond donors (Lipinski definition) is 1. The van der Waals surface area contributed by atoms with E-state index in [1.54, 1.807) is 25.1 Å². The van der Waals surface area contributed by atoms with Crippen LogP contribution < -0.4 is 9.47 Å². The van der Waals surface area contributed by atoms with Crippen molar-refractivity contribution in [3.8, 4) is 23.0 Å². The maximum absolute atomic E-state index is 14.2. The van der Waals surface area contributed by atoms with Gasteiger partial charge in [0.15, 0.2) is 23.1 Å². The summed E-state index contributed by atoms with van der Waals surface area (Å²) in [5.74, 6) is -0.410. The molecule has 26 heavy (non-hydrogen) atoms. The second-order valence-corrected chi connectivity index (χ2v) is 5.61. The van der Waals surface area contributed by atoms with Crippen LogP contribution >= 0.6 is 0 Å². The van der Waals surface area contributed by atoms with Gasteiger partial charge in [0.2, 0.25) is 0 Å². The second-order valence-electron chi connectivity index (χ2n) is 5.61. The lowest BCUT2D eigenvalue weighted by Gasteiger charge is -2.11. The Morgan fingerprint density at radius 2 is 1.88 bits per heavy atom. The molecule has 0 spiro atoms. The minimum Gasteiger partial charge on any atom is -0.504 e. The summed E-state index contributed by atoms with van der Waals surface area (Å²) < 4.78 is 29.9. The topological polar surface area (TPSA) is 65.0 Å². The van der Waals surface area contributed by atoms with Gasteiger partial charge in [-0.1, -0.05) is 13.0 Å². The highest BCUT2D eigenvalue weighted by Gasteiger charge is 2.10. The van der Waals surface area contributed by atoms with Crippen LogP contribution in [0.1, 0.15) is 32.3 Å². The van der Waals surface area contributed by atoms with Gasteiger partial charge in [0, 0.05) is 12.5 Å². The molecule has 0 aliphatic rings. The third kappa shape index (κ3) is 5.65. The molecule has 1 N–H and O–H groups in total. The molecule has 0 saturated carbocycles. The van der Waals surface area contributed by atoms with Crippen molar-refractivity contribution in [3.05, 3.63) is 47.8 Å². The zero-order valence-electron chi connectivity index (χ0n) is 15.0. The van der Waals surface area contributed by atoms with Gasteiger partial charge in [-0.3, -0.25) is 4.79 Å². The maximum Gasteiger partial charge on any atom is 0.305 e. The molecule has 0 amide bonds. The molecular weight excluding hydrogens is 339 g/mol. The molecule has 0 radical (unpaired) electrons. The largest absolute Gasteiger partial charge is 0.504 e. The number of carbonyl (C=O) groups is 1. The quantitative estimate of drug-likeness (QED) is 0.521. The Bertz CT molecular complexity index is 745. The summed E-state index contributed by atoms with van der Waals surface area (Å²) in [5.41, 5.74) is 0.960. The molecule has 0 aliphatic carbocycles. The van der Waals surface area contributed by atoms with Crippen LogP contribution in [0.5, 0.6) is 23.0 Å². The molecule has 140 valence electrons. The first kappa shape index (κ1) is 19.6. The molecule has 0 aliphatic heterocycles. The Labute approximate surface area is 152 Å². The van der Waals surface area contributed by atoms with E-state index in [-0.39, 0.29) is 36.2 Å². The van der Waals surface area contributed by atoms with E-state index in [2.05, 4.69) is 0 Å². The van der Waals surface area contributed by atoms with Gasteiger partial charge in [-0.25, -0.2) is 4.39 Å². The Morgan fingerprint density at radius 3 is 2.54 bits per heavy atom. The van der Waals surface area contributed by atoms with Crippen molar-refractivity contribution < 1.29 is 28.5 Å². The number of phenols is 1. The molecule has 0 aromatic heterocycles. The summed E-state index contributed by atoms with van der Waals surface area (Å²) in [6, 6.07) is 9.22. The van der Waals surface area contributed by atoms with Gasteiger partial charge < -0.3 is 19.3 Å². The van der Waals surface area contributed by atoms with Crippen LogP contribution in [0.15, 0.2) is 36.4 Å². The summed E-state index contributed by atoms with van der Waals surface area (Å²) in [7, 11) is 0. The summed E-state index contributed by atoms with van der Waals surface area (Å²) in [6.45, 7) is 4.35. The van der Waals surface area contributed by atoms with E-state index in [4.69, 9.17) is 14.2 Å². The average Bonchev–Trinajstić information content (AvgIpc) is 2.62. The number of aromatic hydroxyl groups is 1. The lowest BCUT2D eigenvalue weighted by Crippen LogP contribution is -2.06. The molecule has 2 aromatic carbocycles. The number of hydrogen-bond acceptors (Lipinski definition) is 5. The van der Waals surface area contributed by atoms with Crippen molar-refractivity contribution in [2.75, 3.05) is 13.2 Å². The monoisotopic (exact) mass is 362 g/mol. The molecule has 2 rings (SSSR count). The van der Waals surface area contributed by atoms with Gasteiger partial charge in [0.1, 0.15) is 5.75 Å². The van der Waals surface area contributed by atoms with Crippen LogP contribution in [0.3, 0.4) is 0 Å². The fraction of sp³-hybridized carbons (Fsp3) is 0.350. The molecule has 6 heteroatoms. The predicted octanol–water partition coefficient (Wildman–Crippen LogP) is 4.61. The van der Waals surface area contributed by atoms with Gasteiger partial charge in [-0.15, -0.1) is 0 Å². The number of aryl methyl sites for hydroxylation is 1. The normalized spacial score (nSPS) is 10.4. The average molecular weight is 362 g/mol. The van der Waals surface area contributed by atoms with E-state index in [1.165, 1.54) is 12.1 Å². The number of ether oxygens (including phenoxy) is 3. The smallest absolute Gasteiger partial charge is 0.305 e. The van der Waals surface area contributed by atoms with Gasteiger partial charge in [0.05, 0.1) is 13.2 Å². The summed E-state index contributed by atoms with van der Waals surface area (Å²) in [5, 5.41) is 9.95. The van der Waals surface area contributed by atoms with Gasteiger partial charge in [-0.05, 0) is 49.6 Å². The van der Waals surface area contributed by atoms with Crippen LogP contribution in [0.25, 0.3) is 0 Å². The summed E-state index contributed by atoms with van der Waals surface area (Å²) in [6.07, 6.45) is 1.52. The first-order valence-corrected chi connectivity index (χ1v) is 8.61. The maximum atomic E-state index is 14.2. The first-order chi connectivity index (χ1) is 12.5. The van der Waals surface area contributed by atoms with Crippen molar-refractivity contribution in [2.24, 2.45) is 0 Å². The third-order valence-electron chi connectivity index (χ3n) is 3.65. The van der Waals surface area contributed by atoms with Gasteiger partial charge in [0.25, 0.3) is 0 Å². The number of rotatable bonds is 9. The molecule has 0 heterocycles. The fourth-order valence-electron chi connectivity index (χ4n) is 2.28. The van der Waals surface area contributed by atoms with Crippen molar-refractivity contribution in [2.45, 2.75) is 33.1 Å². The highest BCUT2D eigenvalue weighted by molar-refractivity contribution is 5.69. The zero-order chi connectivity index (χ0) is 18.9. The van der Waals surface area contributed by atoms with E-state index in [1.807, 2.05) is 13.0 Å². The zero-order valence-corrected chi connectivity index (χ0v) is 15.0. The Hall–Kier alpha value is -2.76. The molecule has 0 unspecified atom stereocenters. The highest BCUT2D eigenvalue weighted by Crippen LogP contribution is 2.33. The molecule has 5 nitrogen and oxygen atoms in total.